The molecule has 0 saturated heterocycles. The molecule has 0 aliphatic heterocycles. The van der Waals surface area contributed by atoms with Gasteiger partial charge in [-0.3, -0.25) is 4.99 Å². The normalized spacial score (nSPS) is 12.5. The maximum Gasteiger partial charge on any atom is 0.208 e. The third kappa shape index (κ3) is 11.6. The molecule has 8 heteroatoms. The molecular formula is C10H24N4O3S. The Labute approximate surface area is 109 Å². The van der Waals surface area contributed by atoms with Gasteiger partial charge in [-0.25, -0.2) is 13.1 Å². The fourth-order valence-corrected chi connectivity index (χ4v) is 1.67. The predicted octanol–water partition coefficient (Wildman–Crippen LogP) is -0.873. The van der Waals surface area contributed by atoms with Crippen LogP contribution in [0.15, 0.2) is 4.99 Å². The van der Waals surface area contributed by atoms with Crippen LogP contribution in [0.25, 0.3) is 0 Å². The van der Waals surface area contributed by atoms with Crippen molar-refractivity contribution in [2.75, 3.05) is 46.2 Å². The summed E-state index contributed by atoms with van der Waals surface area (Å²) in [6, 6.07) is 0. The SMILES string of the molecule is CCOCCNC(=NC)NCCCNS(C)(=O)=O. The van der Waals surface area contributed by atoms with Crippen molar-refractivity contribution in [3.05, 3.63) is 0 Å². The van der Waals surface area contributed by atoms with Gasteiger partial charge in [0.1, 0.15) is 0 Å². The summed E-state index contributed by atoms with van der Waals surface area (Å²) in [5, 5.41) is 6.17. The number of ether oxygens (including phenoxy) is 1. The first kappa shape index (κ1) is 17.1. The lowest BCUT2D eigenvalue weighted by atomic mass is 10.4. The average Bonchev–Trinajstić information content (AvgIpc) is 2.30. The quantitative estimate of drug-likeness (QED) is 0.290. The molecule has 3 N–H and O–H groups in total. The number of nitrogens with one attached hydrogen (secondary N) is 3. The summed E-state index contributed by atoms with van der Waals surface area (Å²) >= 11 is 0. The van der Waals surface area contributed by atoms with Gasteiger partial charge in [-0.05, 0) is 13.3 Å². The Morgan fingerprint density at radius 1 is 1.22 bits per heavy atom. The van der Waals surface area contributed by atoms with Crippen molar-refractivity contribution in [2.24, 2.45) is 4.99 Å². The van der Waals surface area contributed by atoms with Crippen LogP contribution in [0.4, 0.5) is 0 Å². The van der Waals surface area contributed by atoms with E-state index in [0.717, 1.165) is 6.26 Å². The first-order valence-corrected chi connectivity index (χ1v) is 7.85. The molecule has 0 heterocycles. The van der Waals surface area contributed by atoms with Crippen molar-refractivity contribution in [1.29, 1.82) is 0 Å². The molecule has 0 aliphatic rings. The van der Waals surface area contributed by atoms with E-state index in [2.05, 4.69) is 20.3 Å². The Kier molecular flexibility index (Phi) is 9.62. The van der Waals surface area contributed by atoms with Crippen molar-refractivity contribution in [3.8, 4) is 0 Å². The van der Waals surface area contributed by atoms with Crippen LogP contribution < -0.4 is 15.4 Å². The lowest BCUT2D eigenvalue weighted by Gasteiger charge is -2.11. The van der Waals surface area contributed by atoms with Gasteiger partial charge in [0, 0.05) is 33.3 Å². The van der Waals surface area contributed by atoms with Crippen molar-refractivity contribution in [1.82, 2.24) is 15.4 Å². The van der Waals surface area contributed by atoms with Crippen LogP contribution in [0.3, 0.4) is 0 Å². The van der Waals surface area contributed by atoms with Gasteiger partial charge < -0.3 is 15.4 Å². The van der Waals surface area contributed by atoms with Crippen LogP contribution in [0.5, 0.6) is 0 Å². The Morgan fingerprint density at radius 2 is 1.89 bits per heavy atom. The molecule has 0 saturated carbocycles. The molecule has 0 aromatic heterocycles. The fraction of sp³-hybridized carbons (Fsp3) is 0.900. The lowest BCUT2D eigenvalue weighted by molar-refractivity contribution is 0.152. The maximum absolute atomic E-state index is 10.8. The second-order valence-corrected chi connectivity index (χ2v) is 5.48. The first-order valence-electron chi connectivity index (χ1n) is 5.96. The topological polar surface area (TPSA) is 91.8 Å². The smallest absolute Gasteiger partial charge is 0.208 e. The summed E-state index contributed by atoms with van der Waals surface area (Å²) in [6.07, 6.45) is 1.84. The molecule has 0 atom stereocenters. The molecule has 0 aliphatic carbocycles. The highest BCUT2D eigenvalue weighted by Crippen LogP contribution is 1.79. The molecule has 7 nitrogen and oxygen atoms in total. The van der Waals surface area contributed by atoms with E-state index in [1.165, 1.54) is 0 Å². The minimum Gasteiger partial charge on any atom is -0.380 e. The lowest BCUT2D eigenvalue weighted by Crippen LogP contribution is -2.40. The number of hydrogen-bond donors (Lipinski definition) is 3. The number of aliphatic imine (C=N–C) groups is 1. The van der Waals surface area contributed by atoms with Crippen LogP contribution in [-0.4, -0.2) is 60.5 Å². The van der Waals surface area contributed by atoms with Crippen LogP contribution >= 0.6 is 0 Å². The van der Waals surface area contributed by atoms with Gasteiger partial charge in [0.2, 0.25) is 10.0 Å². The van der Waals surface area contributed by atoms with Gasteiger partial charge in [0.15, 0.2) is 5.96 Å². The second kappa shape index (κ2) is 10.1. The molecule has 0 amide bonds. The summed E-state index contributed by atoms with van der Waals surface area (Å²) in [6.45, 7) is 5.03. The summed E-state index contributed by atoms with van der Waals surface area (Å²) in [4.78, 5) is 4.03. The molecule has 0 aromatic carbocycles. The minimum absolute atomic E-state index is 0.418. The molecule has 0 bridgehead atoms. The predicted molar refractivity (Wildman–Crippen MR) is 73.3 cm³/mol. The summed E-state index contributed by atoms with van der Waals surface area (Å²) in [5.74, 6) is 0.689. The van der Waals surface area contributed by atoms with Gasteiger partial charge in [-0.2, -0.15) is 0 Å². The van der Waals surface area contributed by atoms with Crippen molar-refractivity contribution < 1.29 is 13.2 Å². The standard InChI is InChI=1S/C10H24N4O3S/c1-4-17-9-8-13-10(11-2)12-6-5-7-14-18(3,15)16/h14H,4-9H2,1-3H3,(H2,11,12,13). The molecule has 0 rings (SSSR count). The monoisotopic (exact) mass is 280 g/mol. The van der Waals surface area contributed by atoms with Gasteiger partial charge in [-0.15, -0.1) is 0 Å². The zero-order valence-electron chi connectivity index (χ0n) is 11.3. The molecule has 0 spiro atoms. The van der Waals surface area contributed by atoms with Gasteiger partial charge in [0.25, 0.3) is 0 Å². The Balaban J connectivity index is 3.57. The zero-order chi connectivity index (χ0) is 13.9. The van der Waals surface area contributed by atoms with E-state index in [1.54, 1.807) is 7.05 Å². The van der Waals surface area contributed by atoms with E-state index in [9.17, 15) is 8.42 Å². The largest absolute Gasteiger partial charge is 0.380 e. The average molecular weight is 280 g/mol. The van der Waals surface area contributed by atoms with Crippen LogP contribution in [-0.2, 0) is 14.8 Å². The summed E-state index contributed by atoms with van der Waals surface area (Å²) in [7, 11) is -1.41. The summed E-state index contributed by atoms with van der Waals surface area (Å²) in [5.41, 5.74) is 0. The van der Waals surface area contributed by atoms with E-state index in [0.29, 0.717) is 45.2 Å². The first-order chi connectivity index (χ1) is 8.49. The highest BCUT2D eigenvalue weighted by Gasteiger charge is 1.99. The third-order valence-electron chi connectivity index (χ3n) is 1.98. The third-order valence-corrected chi connectivity index (χ3v) is 2.71. The Bertz CT molecular complexity index is 330. The number of nitrogens with zero attached hydrogens (tertiary/aromatic N) is 1. The maximum atomic E-state index is 10.8. The van der Waals surface area contributed by atoms with E-state index in [-0.39, 0.29) is 0 Å². The molecule has 0 unspecified atom stereocenters. The number of sulfonamides is 1. The highest BCUT2D eigenvalue weighted by atomic mass is 32.2. The van der Waals surface area contributed by atoms with Gasteiger partial charge in [-0.1, -0.05) is 0 Å². The molecule has 0 fully saturated rings. The van der Waals surface area contributed by atoms with Gasteiger partial charge in [0.05, 0.1) is 12.9 Å². The highest BCUT2D eigenvalue weighted by molar-refractivity contribution is 7.88. The number of guanidine groups is 1. The van der Waals surface area contributed by atoms with E-state index in [1.807, 2.05) is 6.92 Å². The van der Waals surface area contributed by atoms with Crippen LogP contribution in [0, 0.1) is 0 Å². The second-order valence-electron chi connectivity index (χ2n) is 3.64. The van der Waals surface area contributed by atoms with E-state index < -0.39 is 10.0 Å². The number of rotatable bonds is 9. The molecule has 18 heavy (non-hydrogen) atoms. The summed E-state index contributed by atoms with van der Waals surface area (Å²) < 4.78 is 29.2. The minimum atomic E-state index is -3.09. The fourth-order valence-electron chi connectivity index (χ4n) is 1.16. The van der Waals surface area contributed by atoms with Crippen molar-refractivity contribution in [2.45, 2.75) is 13.3 Å². The number of hydrogen-bond acceptors (Lipinski definition) is 4. The Hall–Kier alpha value is -0.860. The van der Waals surface area contributed by atoms with E-state index >= 15 is 0 Å². The Morgan fingerprint density at radius 3 is 2.44 bits per heavy atom. The molecular weight excluding hydrogens is 256 g/mol. The van der Waals surface area contributed by atoms with Crippen molar-refractivity contribution >= 4 is 16.0 Å². The molecule has 108 valence electrons. The van der Waals surface area contributed by atoms with Crippen molar-refractivity contribution in [3.63, 3.8) is 0 Å². The van der Waals surface area contributed by atoms with Crippen LogP contribution in [0.2, 0.25) is 0 Å². The van der Waals surface area contributed by atoms with Crippen LogP contribution in [0.1, 0.15) is 13.3 Å². The zero-order valence-corrected chi connectivity index (χ0v) is 12.1. The molecule has 0 aromatic rings. The van der Waals surface area contributed by atoms with E-state index in [4.69, 9.17) is 4.74 Å². The molecule has 0 radical (unpaired) electrons. The van der Waals surface area contributed by atoms with Gasteiger partial charge >= 0.3 is 0 Å².